The number of hydrogen-bond donors (Lipinski definition) is 0. The van der Waals surface area contributed by atoms with Crippen LogP contribution in [0.5, 0.6) is 0 Å². The fraction of sp³-hybridized carbons (Fsp3) is 0.222. The molecule has 0 saturated heterocycles. The van der Waals surface area contributed by atoms with Crippen molar-refractivity contribution in [3.63, 3.8) is 0 Å². The predicted molar refractivity (Wildman–Crippen MR) is 52.1 cm³/mol. The Hall–Kier alpha value is -0.400. The number of benzene rings is 1. The molecule has 0 bridgehead atoms. The summed E-state index contributed by atoms with van der Waals surface area (Å²) < 4.78 is 36.7. The second kappa shape index (κ2) is 4.85. The summed E-state index contributed by atoms with van der Waals surface area (Å²) in [7, 11) is -4.32. The van der Waals surface area contributed by atoms with Crippen LogP contribution in [0.1, 0.15) is 11.3 Å². The number of aromatic nitrogens is 1. The smallest absolute Gasteiger partial charge is 0.748 e. The van der Waals surface area contributed by atoms with Gasteiger partial charge in [-0.1, -0.05) is 17.3 Å². The summed E-state index contributed by atoms with van der Waals surface area (Å²) in [5, 5.41) is 4.17. The maximum Gasteiger partial charge on any atom is 1.00 e. The molecule has 16 heavy (non-hydrogen) atoms. The van der Waals surface area contributed by atoms with E-state index in [-0.39, 0.29) is 35.3 Å². The van der Waals surface area contributed by atoms with Gasteiger partial charge in [0.05, 0.1) is 5.75 Å². The molecule has 1 aromatic heterocycles. The van der Waals surface area contributed by atoms with Crippen molar-refractivity contribution in [1.82, 2.24) is 5.16 Å². The Balaban J connectivity index is 0.00000128. The number of rotatable bonds is 2. The third-order valence-corrected chi connectivity index (χ3v) is 2.71. The summed E-state index contributed by atoms with van der Waals surface area (Å²) in [6.45, 7) is 1.82. The van der Waals surface area contributed by atoms with Crippen molar-refractivity contribution in [2.24, 2.45) is 0 Å². The molecule has 0 radical (unpaired) electrons. The van der Waals surface area contributed by atoms with Crippen LogP contribution in [0.15, 0.2) is 22.7 Å². The van der Waals surface area contributed by atoms with Gasteiger partial charge in [-0.3, -0.25) is 0 Å². The molecule has 0 amide bonds. The van der Waals surface area contributed by atoms with E-state index in [9.17, 15) is 13.0 Å². The van der Waals surface area contributed by atoms with Crippen LogP contribution in [0.3, 0.4) is 0 Å². The number of nitrogens with zero attached hydrogens (tertiary/aromatic N) is 1. The van der Waals surface area contributed by atoms with Crippen molar-refractivity contribution in [1.29, 1.82) is 0 Å². The maximum atomic E-state index is 10.6. The average Bonchev–Trinajstić information content (AvgIpc) is 2.48. The summed E-state index contributed by atoms with van der Waals surface area (Å²) in [5.41, 5.74) is 1.55. The third kappa shape index (κ3) is 2.83. The van der Waals surface area contributed by atoms with Gasteiger partial charge in [0.2, 0.25) is 0 Å². The molecule has 0 aliphatic carbocycles. The molecule has 80 valence electrons. The van der Waals surface area contributed by atoms with E-state index in [1.807, 2.05) is 13.0 Å². The van der Waals surface area contributed by atoms with E-state index in [4.69, 9.17) is 4.52 Å². The van der Waals surface area contributed by atoms with Gasteiger partial charge in [0.25, 0.3) is 0 Å². The van der Waals surface area contributed by atoms with Crippen LogP contribution in [0.4, 0.5) is 0 Å². The fourth-order valence-corrected chi connectivity index (χ4v) is 1.97. The first-order valence-corrected chi connectivity index (χ1v) is 5.82. The molecule has 0 aliphatic rings. The minimum Gasteiger partial charge on any atom is -0.748 e. The van der Waals surface area contributed by atoms with E-state index in [1.165, 1.54) is 0 Å². The van der Waals surface area contributed by atoms with Gasteiger partial charge in [-0.15, -0.1) is 0 Å². The Morgan fingerprint density at radius 2 is 2.12 bits per heavy atom. The van der Waals surface area contributed by atoms with E-state index in [0.717, 1.165) is 5.56 Å². The van der Waals surface area contributed by atoms with Crippen molar-refractivity contribution < 1.29 is 47.1 Å². The van der Waals surface area contributed by atoms with E-state index in [1.54, 1.807) is 12.1 Å². The molecule has 5 nitrogen and oxygen atoms in total. The predicted octanol–water partition coefficient (Wildman–Crippen LogP) is -1.81. The summed E-state index contributed by atoms with van der Waals surface area (Å²) in [6.07, 6.45) is 0. The van der Waals surface area contributed by atoms with Crippen LogP contribution < -0.4 is 29.6 Å². The summed E-state index contributed by atoms with van der Waals surface area (Å²) >= 11 is 0. The average molecular weight is 249 g/mol. The molecule has 0 unspecified atom stereocenters. The van der Waals surface area contributed by atoms with Crippen LogP contribution in [0, 0.1) is 6.92 Å². The summed E-state index contributed by atoms with van der Waals surface area (Å²) in [6, 6.07) is 5.26. The first-order chi connectivity index (χ1) is 6.97. The molecule has 0 atom stereocenters. The molecule has 2 aromatic rings. The van der Waals surface area contributed by atoms with Gasteiger partial charge in [-0.05, 0) is 18.6 Å². The van der Waals surface area contributed by atoms with E-state index in [2.05, 4.69) is 5.16 Å². The molecule has 7 heteroatoms. The minimum atomic E-state index is -4.32. The molecule has 0 spiro atoms. The molecule has 0 saturated carbocycles. The molecule has 1 heterocycles. The first-order valence-electron chi connectivity index (χ1n) is 4.25. The Bertz CT molecular complexity index is 605. The number of fused-ring (bicyclic) bond motifs is 1. The van der Waals surface area contributed by atoms with Crippen LogP contribution in [0.25, 0.3) is 11.0 Å². The molecular weight excluding hydrogens is 241 g/mol. The molecular formula is C9H8NNaO4S. The van der Waals surface area contributed by atoms with Gasteiger partial charge >= 0.3 is 29.6 Å². The molecule has 0 N–H and O–H groups in total. The maximum absolute atomic E-state index is 10.6. The van der Waals surface area contributed by atoms with Gasteiger partial charge in [0, 0.05) is 5.39 Å². The van der Waals surface area contributed by atoms with Crippen molar-refractivity contribution in [3.8, 4) is 0 Å². The Morgan fingerprint density at radius 1 is 1.44 bits per heavy atom. The van der Waals surface area contributed by atoms with Gasteiger partial charge in [0.15, 0.2) is 5.58 Å². The van der Waals surface area contributed by atoms with Gasteiger partial charge in [-0.2, -0.15) is 0 Å². The Kier molecular flexibility index (Phi) is 4.14. The Morgan fingerprint density at radius 3 is 2.75 bits per heavy atom. The summed E-state index contributed by atoms with van der Waals surface area (Å²) in [5.74, 6) is -0.635. The third-order valence-electron chi connectivity index (χ3n) is 2.08. The van der Waals surface area contributed by atoms with Crippen LogP contribution >= 0.6 is 0 Å². The van der Waals surface area contributed by atoms with E-state index >= 15 is 0 Å². The van der Waals surface area contributed by atoms with Crippen LogP contribution in [-0.4, -0.2) is 18.1 Å². The zero-order chi connectivity index (χ0) is 11.1. The van der Waals surface area contributed by atoms with Crippen molar-refractivity contribution in [3.05, 3.63) is 29.5 Å². The number of hydrogen-bond acceptors (Lipinski definition) is 5. The van der Waals surface area contributed by atoms with E-state index < -0.39 is 15.9 Å². The van der Waals surface area contributed by atoms with Crippen molar-refractivity contribution >= 4 is 21.1 Å². The Labute approximate surface area is 115 Å². The SMILES string of the molecule is Cc1cccc2c(CS(=O)(=O)[O-])noc12.[Na+]. The quantitative estimate of drug-likeness (QED) is 0.462. The van der Waals surface area contributed by atoms with Gasteiger partial charge in [0.1, 0.15) is 15.8 Å². The zero-order valence-electron chi connectivity index (χ0n) is 8.93. The van der Waals surface area contributed by atoms with Gasteiger partial charge in [-0.25, -0.2) is 8.42 Å². The summed E-state index contributed by atoms with van der Waals surface area (Å²) in [4.78, 5) is 0. The normalized spacial score (nSPS) is 11.4. The standard InChI is InChI=1S/C9H9NO4S.Na/c1-6-3-2-4-7-8(5-15(11,12)13)10-14-9(6)7;/h2-4H,5H2,1H3,(H,11,12,13);/q;+1/p-1. The fourth-order valence-electron chi connectivity index (χ4n) is 1.42. The molecule has 1 aromatic carbocycles. The topological polar surface area (TPSA) is 83.2 Å². The van der Waals surface area contributed by atoms with Crippen molar-refractivity contribution in [2.45, 2.75) is 12.7 Å². The van der Waals surface area contributed by atoms with E-state index in [0.29, 0.717) is 11.0 Å². The largest absolute Gasteiger partial charge is 1.00 e. The zero-order valence-corrected chi connectivity index (χ0v) is 11.7. The minimum absolute atomic E-state index is 0. The monoisotopic (exact) mass is 249 g/mol. The van der Waals surface area contributed by atoms with Crippen molar-refractivity contribution in [2.75, 3.05) is 0 Å². The molecule has 2 rings (SSSR count). The second-order valence-electron chi connectivity index (χ2n) is 3.28. The molecule has 0 aliphatic heterocycles. The van der Waals surface area contributed by atoms with Crippen LogP contribution in [-0.2, 0) is 15.9 Å². The number of aryl methyl sites for hydroxylation is 1. The number of para-hydroxylation sites is 1. The van der Waals surface area contributed by atoms with Gasteiger partial charge < -0.3 is 9.08 Å². The second-order valence-corrected chi connectivity index (χ2v) is 4.69. The first kappa shape index (κ1) is 13.7. The molecule has 0 fully saturated rings. The van der Waals surface area contributed by atoms with Crippen LogP contribution in [0.2, 0.25) is 0 Å².